The van der Waals surface area contributed by atoms with Gasteiger partial charge in [-0.3, -0.25) is 4.79 Å². The maximum Gasteiger partial charge on any atom is 0.255 e. The number of fused-ring (bicyclic) bond motifs is 1. The molecule has 0 saturated heterocycles. The fraction of sp³-hybridized carbons (Fsp3) is 0.207. The van der Waals surface area contributed by atoms with E-state index in [2.05, 4.69) is 22.8 Å². The molecule has 2 N–H and O–H groups in total. The van der Waals surface area contributed by atoms with Crippen molar-refractivity contribution in [1.29, 1.82) is 0 Å². The minimum atomic E-state index is -0.462. The summed E-state index contributed by atoms with van der Waals surface area (Å²) in [6.07, 6.45) is 0. The molecule has 1 unspecified atom stereocenters. The van der Waals surface area contributed by atoms with E-state index in [-0.39, 0.29) is 5.91 Å². The maximum absolute atomic E-state index is 13.8. The van der Waals surface area contributed by atoms with Gasteiger partial charge in [0.2, 0.25) is 11.1 Å². The van der Waals surface area contributed by atoms with Crippen LogP contribution in [0, 0.1) is 0 Å². The molecule has 1 atom stereocenters. The van der Waals surface area contributed by atoms with Crippen molar-refractivity contribution in [3.8, 4) is 5.75 Å². The predicted molar refractivity (Wildman–Crippen MR) is 153 cm³/mol. The van der Waals surface area contributed by atoms with Gasteiger partial charge in [0.05, 0.1) is 18.4 Å². The first kappa shape index (κ1) is 25.4. The molecule has 0 spiro atoms. The van der Waals surface area contributed by atoms with Crippen LogP contribution in [0.5, 0.6) is 5.75 Å². The normalized spacial score (nSPS) is 14.5. The van der Waals surface area contributed by atoms with Gasteiger partial charge in [-0.15, -0.1) is 5.10 Å². The van der Waals surface area contributed by atoms with E-state index in [9.17, 15) is 4.79 Å². The number of hydrogen-bond acceptors (Lipinski definition) is 7. The molecule has 1 amide bonds. The molecule has 1 aromatic heterocycles. The number of nitrogens with one attached hydrogen (secondary N) is 2. The van der Waals surface area contributed by atoms with Crippen molar-refractivity contribution in [3.63, 3.8) is 0 Å². The lowest BCUT2D eigenvalue weighted by Gasteiger charge is -2.29. The van der Waals surface area contributed by atoms with Crippen LogP contribution in [0.25, 0.3) is 0 Å². The number of aromatic nitrogens is 3. The lowest BCUT2D eigenvalue weighted by atomic mass is 9.94. The van der Waals surface area contributed by atoms with Crippen molar-refractivity contribution in [2.45, 2.75) is 23.9 Å². The predicted octanol–water partition coefficient (Wildman–Crippen LogP) is 5.57. The largest absolute Gasteiger partial charge is 0.495 e. The standard InChI is InChI=1S/C29H30N6O2S/c1-19-25(27(36)31-23-12-8-9-13-24(23)37-4)26(21-14-16-22(17-15-21)34(2)3)35-28(30-19)32-29(33-35)38-18-20-10-6-5-7-11-20/h5-17,26H,18H2,1-4H3,(H,31,36)(H,30,32,33). The zero-order valence-corrected chi connectivity index (χ0v) is 22.6. The highest BCUT2D eigenvalue weighted by Gasteiger charge is 2.34. The molecule has 4 aromatic rings. The Hall–Kier alpha value is -4.24. The van der Waals surface area contributed by atoms with Crippen LogP contribution in [-0.4, -0.2) is 41.9 Å². The van der Waals surface area contributed by atoms with Gasteiger partial charge < -0.3 is 20.3 Å². The quantitative estimate of drug-likeness (QED) is 0.290. The van der Waals surface area contributed by atoms with E-state index in [0.29, 0.717) is 28.1 Å². The van der Waals surface area contributed by atoms with Crippen LogP contribution in [0.15, 0.2) is 95.3 Å². The van der Waals surface area contributed by atoms with Gasteiger partial charge in [0.1, 0.15) is 11.8 Å². The Kier molecular flexibility index (Phi) is 7.37. The van der Waals surface area contributed by atoms with Crippen LogP contribution in [-0.2, 0) is 10.5 Å². The molecule has 194 valence electrons. The Bertz CT molecular complexity index is 1460. The van der Waals surface area contributed by atoms with E-state index >= 15 is 0 Å². The summed E-state index contributed by atoms with van der Waals surface area (Å²) in [6.45, 7) is 1.90. The first-order valence-corrected chi connectivity index (χ1v) is 13.3. The van der Waals surface area contributed by atoms with Crippen molar-refractivity contribution in [2.75, 3.05) is 36.7 Å². The first-order valence-electron chi connectivity index (χ1n) is 12.3. The molecule has 0 radical (unpaired) electrons. The van der Waals surface area contributed by atoms with Crippen molar-refractivity contribution < 1.29 is 9.53 Å². The van der Waals surface area contributed by atoms with Gasteiger partial charge in [0.25, 0.3) is 5.91 Å². The molecule has 0 aliphatic carbocycles. The molecule has 1 aliphatic heterocycles. The third-order valence-corrected chi connectivity index (χ3v) is 7.28. The monoisotopic (exact) mass is 526 g/mol. The van der Waals surface area contributed by atoms with Crippen molar-refractivity contribution in [2.24, 2.45) is 0 Å². The third-order valence-electron chi connectivity index (χ3n) is 6.37. The second kappa shape index (κ2) is 11.0. The SMILES string of the molecule is COc1ccccc1NC(=O)C1=C(C)Nc2nc(SCc3ccccc3)nn2C1c1ccc(N(C)C)cc1. The molecule has 2 heterocycles. The number of nitrogens with zero attached hydrogens (tertiary/aromatic N) is 4. The topological polar surface area (TPSA) is 84.3 Å². The second-order valence-electron chi connectivity index (χ2n) is 9.14. The van der Waals surface area contributed by atoms with Gasteiger partial charge in [-0.1, -0.05) is 66.4 Å². The van der Waals surface area contributed by atoms with E-state index in [1.54, 1.807) is 18.9 Å². The highest BCUT2D eigenvalue weighted by atomic mass is 32.2. The van der Waals surface area contributed by atoms with Crippen LogP contribution in [0.2, 0.25) is 0 Å². The number of thioether (sulfide) groups is 1. The van der Waals surface area contributed by atoms with Crippen molar-refractivity contribution in [1.82, 2.24) is 14.8 Å². The van der Waals surface area contributed by atoms with E-state index in [1.807, 2.05) is 97.3 Å². The molecule has 0 saturated carbocycles. The van der Waals surface area contributed by atoms with Gasteiger partial charge in [0, 0.05) is 31.2 Å². The average Bonchev–Trinajstić information content (AvgIpc) is 3.34. The molecular weight excluding hydrogens is 496 g/mol. The molecule has 9 heteroatoms. The molecule has 38 heavy (non-hydrogen) atoms. The Morgan fingerprint density at radius 3 is 2.47 bits per heavy atom. The number of hydrogen-bond donors (Lipinski definition) is 2. The van der Waals surface area contributed by atoms with E-state index in [4.69, 9.17) is 14.8 Å². The lowest BCUT2D eigenvalue weighted by molar-refractivity contribution is -0.113. The summed E-state index contributed by atoms with van der Waals surface area (Å²) in [7, 11) is 5.59. The zero-order valence-electron chi connectivity index (χ0n) is 21.8. The number of para-hydroxylation sites is 2. The number of ether oxygens (including phenoxy) is 1. The van der Waals surface area contributed by atoms with Crippen LogP contribution in [0.1, 0.15) is 24.1 Å². The summed E-state index contributed by atoms with van der Waals surface area (Å²) in [5.74, 6) is 1.71. The molecule has 0 fully saturated rings. The molecular formula is C29H30N6O2S. The van der Waals surface area contributed by atoms with Gasteiger partial charge in [0.15, 0.2) is 0 Å². The molecule has 3 aromatic carbocycles. The number of carbonyl (C=O) groups excluding carboxylic acids is 1. The maximum atomic E-state index is 13.8. The average molecular weight is 527 g/mol. The Balaban J connectivity index is 1.51. The van der Waals surface area contributed by atoms with Crippen LogP contribution >= 0.6 is 11.8 Å². The number of allylic oxidation sites excluding steroid dienone is 1. The third kappa shape index (κ3) is 5.24. The zero-order chi connectivity index (χ0) is 26.6. The fourth-order valence-corrected chi connectivity index (χ4v) is 5.19. The number of anilines is 3. The van der Waals surface area contributed by atoms with E-state index < -0.39 is 6.04 Å². The van der Waals surface area contributed by atoms with Gasteiger partial charge in [-0.25, -0.2) is 4.68 Å². The number of amides is 1. The fourth-order valence-electron chi connectivity index (χ4n) is 4.41. The summed E-state index contributed by atoms with van der Waals surface area (Å²) in [5, 5.41) is 11.8. The van der Waals surface area contributed by atoms with Gasteiger partial charge in [-0.05, 0) is 42.3 Å². The van der Waals surface area contributed by atoms with Crippen molar-refractivity contribution in [3.05, 3.63) is 101 Å². The van der Waals surface area contributed by atoms with Crippen LogP contribution < -0.4 is 20.3 Å². The number of rotatable bonds is 8. The summed E-state index contributed by atoms with van der Waals surface area (Å²) < 4.78 is 7.26. The summed E-state index contributed by atoms with van der Waals surface area (Å²) in [6, 6.07) is 25.3. The number of benzene rings is 3. The smallest absolute Gasteiger partial charge is 0.255 e. The number of carbonyl (C=O) groups is 1. The number of methoxy groups -OCH3 is 1. The minimum Gasteiger partial charge on any atom is -0.495 e. The summed E-state index contributed by atoms with van der Waals surface area (Å²) in [4.78, 5) is 20.6. The Morgan fingerprint density at radius 2 is 1.76 bits per heavy atom. The first-order chi connectivity index (χ1) is 18.4. The Morgan fingerprint density at radius 1 is 1.05 bits per heavy atom. The molecule has 0 bridgehead atoms. The minimum absolute atomic E-state index is 0.235. The van der Waals surface area contributed by atoms with Crippen LogP contribution in [0.3, 0.4) is 0 Å². The summed E-state index contributed by atoms with van der Waals surface area (Å²) >= 11 is 1.56. The molecule has 8 nitrogen and oxygen atoms in total. The summed E-state index contributed by atoms with van der Waals surface area (Å²) in [5.41, 5.74) is 5.09. The van der Waals surface area contributed by atoms with Gasteiger partial charge in [-0.2, -0.15) is 4.98 Å². The Labute approximate surface area is 226 Å². The highest BCUT2D eigenvalue weighted by Crippen LogP contribution is 2.38. The van der Waals surface area contributed by atoms with Crippen molar-refractivity contribution >= 4 is 35.0 Å². The second-order valence-corrected chi connectivity index (χ2v) is 10.1. The molecule has 1 aliphatic rings. The lowest BCUT2D eigenvalue weighted by Crippen LogP contribution is -2.31. The highest BCUT2D eigenvalue weighted by molar-refractivity contribution is 7.98. The van der Waals surface area contributed by atoms with Crippen LogP contribution in [0.4, 0.5) is 17.3 Å². The van der Waals surface area contributed by atoms with E-state index in [1.165, 1.54) is 5.56 Å². The van der Waals surface area contributed by atoms with E-state index in [0.717, 1.165) is 22.7 Å². The molecule has 5 rings (SSSR count). The van der Waals surface area contributed by atoms with Gasteiger partial charge >= 0.3 is 0 Å².